The van der Waals surface area contributed by atoms with Gasteiger partial charge in [-0.25, -0.2) is 4.98 Å². The minimum Gasteiger partial charge on any atom is -0.479 e. The molecule has 5 nitrogen and oxygen atoms in total. The predicted octanol–water partition coefficient (Wildman–Crippen LogP) is 2.38. The number of halogens is 1. The Bertz CT molecular complexity index is 545. The van der Waals surface area contributed by atoms with Gasteiger partial charge in [0, 0.05) is 11.6 Å². The second kappa shape index (κ2) is 6.24. The third kappa shape index (κ3) is 3.48. The van der Waals surface area contributed by atoms with Crippen molar-refractivity contribution in [3.63, 3.8) is 0 Å². The molecule has 1 aromatic carbocycles. The largest absolute Gasteiger partial charge is 0.479 e. The number of benzene rings is 1. The van der Waals surface area contributed by atoms with E-state index in [1.54, 1.807) is 0 Å². The smallest absolute Gasteiger partial charge is 0.242 e. The lowest BCUT2D eigenvalue weighted by Crippen LogP contribution is -2.09. The lowest BCUT2D eigenvalue weighted by Gasteiger charge is -2.10. The number of anilines is 2. The molecule has 19 heavy (non-hydrogen) atoms. The molecular formula is C13H15ClN4O. The van der Waals surface area contributed by atoms with Crippen molar-refractivity contribution in [2.75, 3.05) is 24.7 Å². The van der Waals surface area contributed by atoms with E-state index in [4.69, 9.17) is 22.1 Å². The molecule has 0 atom stereocenters. The number of nitrogens with zero attached hydrogens (tertiary/aromatic N) is 2. The van der Waals surface area contributed by atoms with E-state index in [-0.39, 0.29) is 0 Å². The molecule has 6 heteroatoms. The topological polar surface area (TPSA) is 73.1 Å². The lowest BCUT2D eigenvalue weighted by atomic mass is 10.1. The molecule has 0 saturated heterocycles. The monoisotopic (exact) mass is 278 g/mol. The molecular weight excluding hydrogens is 264 g/mol. The SMILES string of the molecule is COc1ncnc(NCCc2ccc(Cl)cc2)c1N. The summed E-state index contributed by atoms with van der Waals surface area (Å²) in [5, 5.41) is 3.90. The molecule has 1 heterocycles. The minimum absolute atomic E-state index is 0.379. The van der Waals surface area contributed by atoms with E-state index in [0.29, 0.717) is 23.9 Å². The van der Waals surface area contributed by atoms with Crippen molar-refractivity contribution in [1.82, 2.24) is 9.97 Å². The maximum Gasteiger partial charge on any atom is 0.242 e. The van der Waals surface area contributed by atoms with Crippen LogP contribution in [-0.2, 0) is 6.42 Å². The van der Waals surface area contributed by atoms with E-state index >= 15 is 0 Å². The first-order valence-electron chi connectivity index (χ1n) is 5.83. The molecule has 0 bridgehead atoms. The highest BCUT2D eigenvalue weighted by atomic mass is 35.5. The summed E-state index contributed by atoms with van der Waals surface area (Å²) >= 11 is 5.83. The van der Waals surface area contributed by atoms with Crippen LogP contribution >= 0.6 is 11.6 Å². The number of ether oxygens (including phenoxy) is 1. The zero-order valence-electron chi connectivity index (χ0n) is 10.6. The fraction of sp³-hybridized carbons (Fsp3) is 0.231. The Morgan fingerprint density at radius 1 is 1.26 bits per heavy atom. The van der Waals surface area contributed by atoms with Crippen molar-refractivity contribution in [2.24, 2.45) is 0 Å². The summed E-state index contributed by atoms with van der Waals surface area (Å²) in [5.41, 5.74) is 7.47. The third-order valence-corrected chi connectivity index (χ3v) is 2.91. The van der Waals surface area contributed by atoms with Gasteiger partial charge in [0.05, 0.1) is 7.11 Å². The first-order chi connectivity index (χ1) is 9.20. The average molecular weight is 279 g/mol. The zero-order chi connectivity index (χ0) is 13.7. The van der Waals surface area contributed by atoms with E-state index in [9.17, 15) is 0 Å². The van der Waals surface area contributed by atoms with Gasteiger partial charge in [0.15, 0.2) is 5.82 Å². The van der Waals surface area contributed by atoms with Crippen LogP contribution in [0.2, 0.25) is 5.02 Å². The van der Waals surface area contributed by atoms with Crippen molar-refractivity contribution in [2.45, 2.75) is 6.42 Å². The summed E-state index contributed by atoms with van der Waals surface area (Å²) in [5.74, 6) is 0.963. The first kappa shape index (κ1) is 13.4. The highest BCUT2D eigenvalue weighted by Gasteiger charge is 2.07. The molecule has 0 radical (unpaired) electrons. The molecule has 3 N–H and O–H groups in total. The molecule has 0 aliphatic carbocycles. The minimum atomic E-state index is 0.379. The average Bonchev–Trinajstić information content (AvgIpc) is 2.43. The van der Waals surface area contributed by atoms with Crippen LogP contribution in [0.4, 0.5) is 11.5 Å². The van der Waals surface area contributed by atoms with Gasteiger partial charge in [-0.2, -0.15) is 4.98 Å². The summed E-state index contributed by atoms with van der Waals surface area (Å²) < 4.78 is 5.03. The molecule has 2 rings (SSSR count). The number of nitrogens with two attached hydrogens (primary N) is 1. The van der Waals surface area contributed by atoms with E-state index < -0.39 is 0 Å². The molecule has 2 aromatic rings. The summed E-state index contributed by atoms with van der Waals surface area (Å²) in [6, 6.07) is 7.74. The van der Waals surface area contributed by atoms with E-state index in [0.717, 1.165) is 11.4 Å². The fourth-order valence-electron chi connectivity index (χ4n) is 1.66. The van der Waals surface area contributed by atoms with Gasteiger partial charge in [0.25, 0.3) is 0 Å². The number of nitrogen functional groups attached to an aromatic ring is 1. The standard InChI is InChI=1S/C13H15ClN4O/c1-19-13-11(15)12(17-8-18-13)16-7-6-9-2-4-10(14)5-3-9/h2-5,8H,6-7,15H2,1H3,(H,16,17,18). The lowest BCUT2D eigenvalue weighted by molar-refractivity contribution is 0.399. The Labute approximate surface area is 116 Å². The molecule has 1 aromatic heterocycles. The molecule has 0 aliphatic heterocycles. The number of hydrogen-bond acceptors (Lipinski definition) is 5. The summed E-state index contributed by atoms with van der Waals surface area (Å²) in [6.07, 6.45) is 2.27. The Kier molecular flexibility index (Phi) is 4.41. The van der Waals surface area contributed by atoms with Crippen molar-refractivity contribution < 1.29 is 4.74 Å². The van der Waals surface area contributed by atoms with Crippen molar-refractivity contribution in [1.29, 1.82) is 0 Å². The number of hydrogen-bond donors (Lipinski definition) is 2. The number of rotatable bonds is 5. The normalized spacial score (nSPS) is 10.2. The van der Waals surface area contributed by atoms with Gasteiger partial charge >= 0.3 is 0 Å². The molecule has 0 aliphatic rings. The predicted molar refractivity (Wildman–Crippen MR) is 76.6 cm³/mol. The van der Waals surface area contributed by atoms with Gasteiger partial charge in [-0.05, 0) is 24.1 Å². The van der Waals surface area contributed by atoms with Gasteiger partial charge in [0.2, 0.25) is 5.88 Å². The summed E-state index contributed by atoms with van der Waals surface area (Å²) in [4.78, 5) is 8.00. The van der Waals surface area contributed by atoms with E-state index in [1.165, 1.54) is 19.0 Å². The summed E-state index contributed by atoms with van der Waals surface area (Å²) in [7, 11) is 1.52. The molecule has 0 fully saturated rings. The van der Waals surface area contributed by atoms with Gasteiger partial charge in [-0.15, -0.1) is 0 Å². The molecule has 100 valence electrons. The Morgan fingerprint density at radius 3 is 2.68 bits per heavy atom. The van der Waals surface area contributed by atoms with Crippen LogP contribution in [0.5, 0.6) is 5.88 Å². The van der Waals surface area contributed by atoms with E-state index in [1.807, 2.05) is 24.3 Å². The van der Waals surface area contributed by atoms with Crippen LogP contribution in [0.3, 0.4) is 0 Å². The highest BCUT2D eigenvalue weighted by molar-refractivity contribution is 6.30. The van der Waals surface area contributed by atoms with Crippen LogP contribution < -0.4 is 15.8 Å². The maximum absolute atomic E-state index is 5.86. The molecule has 0 spiro atoms. The number of nitrogens with one attached hydrogen (secondary N) is 1. The molecule has 0 amide bonds. The second-order valence-corrected chi connectivity index (χ2v) is 4.38. The first-order valence-corrected chi connectivity index (χ1v) is 6.21. The summed E-state index contributed by atoms with van der Waals surface area (Å²) in [6.45, 7) is 0.714. The Hall–Kier alpha value is -2.01. The molecule has 0 saturated carbocycles. The van der Waals surface area contributed by atoms with Gasteiger partial charge in [0.1, 0.15) is 12.0 Å². The van der Waals surface area contributed by atoms with Crippen LogP contribution in [0.25, 0.3) is 0 Å². The second-order valence-electron chi connectivity index (χ2n) is 3.95. The van der Waals surface area contributed by atoms with Gasteiger partial charge in [-0.1, -0.05) is 23.7 Å². The van der Waals surface area contributed by atoms with Crippen LogP contribution in [0.1, 0.15) is 5.56 Å². The van der Waals surface area contributed by atoms with Crippen molar-refractivity contribution >= 4 is 23.1 Å². The zero-order valence-corrected chi connectivity index (χ0v) is 11.3. The van der Waals surface area contributed by atoms with Crippen molar-refractivity contribution in [3.8, 4) is 5.88 Å². The Morgan fingerprint density at radius 2 is 2.00 bits per heavy atom. The maximum atomic E-state index is 5.86. The van der Waals surface area contributed by atoms with E-state index in [2.05, 4.69) is 15.3 Å². The van der Waals surface area contributed by atoms with Crippen LogP contribution in [0, 0.1) is 0 Å². The Balaban J connectivity index is 1.94. The van der Waals surface area contributed by atoms with Crippen LogP contribution in [-0.4, -0.2) is 23.6 Å². The van der Waals surface area contributed by atoms with Gasteiger partial charge in [-0.3, -0.25) is 0 Å². The van der Waals surface area contributed by atoms with Crippen molar-refractivity contribution in [3.05, 3.63) is 41.2 Å². The molecule has 0 unspecified atom stereocenters. The number of aromatic nitrogens is 2. The highest BCUT2D eigenvalue weighted by Crippen LogP contribution is 2.23. The third-order valence-electron chi connectivity index (χ3n) is 2.66. The fourth-order valence-corrected chi connectivity index (χ4v) is 1.79. The quantitative estimate of drug-likeness (QED) is 0.878. The van der Waals surface area contributed by atoms with Crippen LogP contribution in [0.15, 0.2) is 30.6 Å². The van der Waals surface area contributed by atoms with Gasteiger partial charge < -0.3 is 15.8 Å². The number of methoxy groups -OCH3 is 1.